The summed E-state index contributed by atoms with van der Waals surface area (Å²) in [4.78, 5) is 35.5. The number of allylic oxidation sites excluding steroid dienone is 2. The molecule has 1 heterocycles. The van der Waals surface area contributed by atoms with Gasteiger partial charge in [0, 0.05) is 13.0 Å². The Morgan fingerprint density at radius 1 is 1.24 bits per heavy atom. The fraction of sp³-hybridized carbons (Fsp3) is 0.583. The van der Waals surface area contributed by atoms with E-state index in [1.54, 1.807) is 0 Å². The van der Waals surface area contributed by atoms with E-state index in [2.05, 4.69) is 0 Å². The number of hydrogen-bond donors (Lipinski definition) is 1. The van der Waals surface area contributed by atoms with Gasteiger partial charge in [-0.1, -0.05) is 12.2 Å². The number of carboxylic acids is 1. The van der Waals surface area contributed by atoms with Gasteiger partial charge in [-0.15, -0.1) is 0 Å². The van der Waals surface area contributed by atoms with Crippen LogP contribution in [0, 0.1) is 11.8 Å². The number of imide groups is 1. The third kappa shape index (κ3) is 2.23. The SMILES string of the molecule is O=C(O)CCCN1C(=O)[C@H]2CC=CC[C@H]2C1=O. The minimum absolute atomic E-state index is 0.00928. The van der Waals surface area contributed by atoms with Crippen molar-refractivity contribution >= 4 is 17.8 Å². The van der Waals surface area contributed by atoms with Crippen LogP contribution >= 0.6 is 0 Å². The molecule has 1 aliphatic carbocycles. The summed E-state index contributed by atoms with van der Waals surface area (Å²) in [7, 11) is 0. The van der Waals surface area contributed by atoms with Crippen LogP contribution in [0.3, 0.4) is 0 Å². The zero-order chi connectivity index (χ0) is 12.4. The lowest BCUT2D eigenvalue weighted by Gasteiger charge is -2.14. The quantitative estimate of drug-likeness (QED) is 0.579. The van der Waals surface area contributed by atoms with Gasteiger partial charge in [0.15, 0.2) is 0 Å². The van der Waals surface area contributed by atoms with Gasteiger partial charge in [-0.05, 0) is 19.3 Å². The van der Waals surface area contributed by atoms with Gasteiger partial charge in [0.25, 0.3) is 0 Å². The van der Waals surface area contributed by atoms with Crippen LogP contribution in [-0.2, 0) is 14.4 Å². The Morgan fingerprint density at radius 2 is 1.76 bits per heavy atom. The minimum Gasteiger partial charge on any atom is -0.481 e. The van der Waals surface area contributed by atoms with E-state index in [9.17, 15) is 14.4 Å². The molecule has 0 saturated carbocycles. The Kier molecular flexibility index (Phi) is 3.26. The largest absolute Gasteiger partial charge is 0.481 e. The average Bonchev–Trinajstić information content (AvgIpc) is 2.54. The number of fused-ring (bicyclic) bond motifs is 1. The number of carbonyl (C=O) groups is 3. The summed E-state index contributed by atoms with van der Waals surface area (Å²) in [6, 6.07) is 0. The van der Waals surface area contributed by atoms with Crippen molar-refractivity contribution in [2.24, 2.45) is 11.8 Å². The second-order valence-electron chi connectivity index (χ2n) is 4.48. The van der Waals surface area contributed by atoms with Gasteiger partial charge in [-0.3, -0.25) is 19.3 Å². The van der Waals surface area contributed by atoms with Gasteiger partial charge in [-0.25, -0.2) is 0 Å². The molecule has 2 atom stereocenters. The van der Waals surface area contributed by atoms with Crippen molar-refractivity contribution in [1.82, 2.24) is 4.90 Å². The molecular formula is C12H15NO4. The van der Waals surface area contributed by atoms with Gasteiger partial charge >= 0.3 is 5.97 Å². The van der Waals surface area contributed by atoms with Gasteiger partial charge in [0.1, 0.15) is 0 Å². The molecule has 0 aromatic carbocycles. The molecule has 0 bridgehead atoms. The fourth-order valence-electron chi connectivity index (χ4n) is 2.48. The number of nitrogens with zero attached hydrogens (tertiary/aromatic N) is 1. The molecule has 92 valence electrons. The molecule has 0 radical (unpaired) electrons. The normalized spacial score (nSPS) is 27.4. The predicted octanol–water partition coefficient (Wildman–Crippen LogP) is 0.802. The summed E-state index contributed by atoms with van der Waals surface area (Å²) >= 11 is 0. The highest BCUT2D eigenvalue weighted by Crippen LogP contribution is 2.34. The molecule has 1 fully saturated rings. The van der Waals surface area contributed by atoms with Crippen LogP contribution in [0.2, 0.25) is 0 Å². The zero-order valence-corrected chi connectivity index (χ0v) is 9.46. The average molecular weight is 237 g/mol. The Bertz CT molecular complexity index is 362. The maximum Gasteiger partial charge on any atom is 0.303 e. The zero-order valence-electron chi connectivity index (χ0n) is 9.46. The smallest absolute Gasteiger partial charge is 0.303 e. The molecule has 2 rings (SSSR count). The summed E-state index contributed by atoms with van der Waals surface area (Å²) in [5, 5.41) is 8.53. The second-order valence-corrected chi connectivity index (χ2v) is 4.48. The maximum absolute atomic E-state index is 11.9. The monoisotopic (exact) mass is 237 g/mol. The van der Waals surface area contributed by atoms with E-state index >= 15 is 0 Å². The van der Waals surface area contributed by atoms with Gasteiger partial charge in [0.2, 0.25) is 11.8 Å². The summed E-state index contributed by atoms with van der Waals surface area (Å²) in [5.74, 6) is -1.58. The third-order valence-electron chi connectivity index (χ3n) is 3.37. The van der Waals surface area contributed by atoms with Crippen LogP contribution in [0.4, 0.5) is 0 Å². The summed E-state index contributed by atoms with van der Waals surface area (Å²) in [5.41, 5.74) is 0. The van der Waals surface area contributed by atoms with E-state index in [0.29, 0.717) is 19.3 Å². The van der Waals surface area contributed by atoms with Crippen LogP contribution in [0.25, 0.3) is 0 Å². The molecule has 1 aliphatic heterocycles. The molecule has 1 saturated heterocycles. The molecule has 0 aromatic rings. The number of carboxylic acid groups (broad SMARTS) is 1. The molecule has 2 aliphatic rings. The number of amides is 2. The Morgan fingerprint density at radius 3 is 2.24 bits per heavy atom. The molecule has 0 spiro atoms. The number of rotatable bonds is 4. The van der Waals surface area contributed by atoms with Crippen molar-refractivity contribution in [3.05, 3.63) is 12.2 Å². The molecule has 0 unspecified atom stereocenters. The second kappa shape index (κ2) is 4.69. The first-order valence-electron chi connectivity index (χ1n) is 5.83. The molecule has 0 aromatic heterocycles. The molecule has 1 N–H and O–H groups in total. The summed E-state index contributed by atoms with van der Waals surface area (Å²) in [6.45, 7) is 0.233. The van der Waals surface area contributed by atoms with Crippen LogP contribution < -0.4 is 0 Å². The lowest BCUT2D eigenvalue weighted by Crippen LogP contribution is -2.32. The van der Waals surface area contributed by atoms with Crippen LogP contribution in [0.1, 0.15) is 25.7 Å². The first-order valence-corrected chi connectivity index (χ1v) is 5.83. The van der Waals surface area contributed by atoms with Crippen molar-refractivity contribution in [2.75, 3.05) is 6.54 Å². The first-order chi connectivity index (χ1) is 8.11. The lowest BCUT2D eigenvalue weighted by molar-refractivity contribution is -0.142. The highest BCUT2D eigenvalue weighted by atomic mass is 16.4. The highest BCUT2D eigenvalue weighted by Gasteiger charge is 2.46. The van der Waals surface area contributed by atoms with Crippen molar-refractivity contribution in [3.8, 4) is 0 Å². The number of carbonyl (C=O) groups excluding carboxylic acids is 2. The Hall–Kier alpha value is -1.65. The van der Waals surface area contributed by atoms with E-state index in [0.717, 1.165) is 0 Å². The number of hydrogen-bond acceptors (Lipinski definition) is 3. The Labute approximate surface area is 99.1 Å². The number of aliphatic carboxylic acids is 1. The molecular weight excluding hydrogens is 222 g/mol. The highest BCUT2D eigenvalue weighted by molar-refractivity contribution is 6.05. The van der Waals surface area contributed by atoms with E-state index in [-0.39, 0.29) is 36.6 Å². The van der Waals surface area contributed by atoms with Crippen molar-refractivity contribution in [3.63, 3.8) is 0 Å². The summed E-state index contributed by atoms with van der Waals surface area (Å²) < 4.78 is 0. The van der Waals surface area contributed by atoms with E-state index in [1.807, 2.05) is 12.2 Å². The van der Waals surface area contributed by atoms with Crippen LogP contribution in [-0.4, -0.2) is 34.3 Å². The molecule has 17 heavy (non-hydrogen) atoms. The van der Waals surface area contributed by atoms with E-state index < -0.39 is 5.97 Å². The van der Waals surface area contributed by atoms with Crippen LogP contribution in [0.15, 0.2) is 12.2 Å². The van der Waals surface area contributed by atoms with Crippen LogP contribution in [0.5, 0.6) is 0 Å². The topological polar surface area (TPSA) is 74.7 Å². The lowest BCUT2D eigenvalue weighted by atomic mass is 9.85. The van der Waals surface area contributed by atoms with Gasteiger partial charge in [-0.2, -0.15) is 0 Å². The molecule has 5 nitrogen and oxygen atoms in total. The standard InChI is InChI=1S/C12H15NO4/c14-10(15)6-3-7-13-11(16)8-4-1-2-5-9(8)12(13)17/h1-2,8-9H,3-7H2,(H,14,15)/t8-,9+. The number of likely N-dealkylation sites (tertiary alicyclic amines) is 1. The maximum atomic E-state index is 11.9. The van der Waals surface area contributed by atoms with Gasteiger partial charge < -0.3 is 5.11 Å². The fourth-order valence-corrected chi connectivity index (χ4v) is 2.48. The van der Waals surface area contributed by atoms with E-state index in [4.69, 9.17) is 5.11 Å². The van der Waals surface area contributed by atoms with Gasteiger partial charge in [0.05, 0.1) is 11.8 Å². The third-order valence-corrected chi connectivity index (χ3v) is 3.37. The predicted molar refractivity (Wildman–Crippen MR) is 58.9 cm³/mol. The van der Waals surface area contributed by atoms with Crippen molar-refractivity contribution < 1.29 is 19.5 Å². The molecule has 2 amide bonds. The Balaban J connectivity index is 1.98. The summed E-state index contributed by atoms with van der Waals surface area (Å²) in [6.07, 6.45) is 5.46. The molecule has 5 heteroatoms. The first kappa shape index (κ1) is 11.8. The van der Waals surface area contributed by atoms with E-state index in [1.165, 1.54) is 4.90 Å². The minimum atomic E-state index is -0.900. The van der Waals surface area contributed by atoms with Crippen molar-refractivity contribution in [1.29, 1.82) is 0 Å². The van der Waals surface area contributed by atoms with Crippen molar-refractivity contribution in [2.45, 2.75) is 25.7 Å².